The molecule has 0 unspecified atom stereocenters. The van der Waals surface area contributed by atoms with E-state index in [0.29, 0.717) is 33.1 Å². The van der Waals surface area contributed by atoms with Gasteiger partial charge in [-0.15, -0.1) is 0 Å². The summed E-state index contributed by atoms with van der Waals surface area (Å²) in [5.41, 5.74) is 7.65. The number of anilines is 1. The van der Waals surface area contributed by atoms with Crippen molar-refractivity contribution in [2.24, 2.45) is 0 Å². The van der Waals surface area contributed by atoms with Gasteiger partial charge < -0.3 is 14.6 Å². The van der Waals surface area contributed by atoms with Gasteiger partial charge in [-0.3, -0.25) is 0 Å². The molecule has 0 amide bonds. The number of furan rings is 1. The lowest BCUT2D eigenvalue weighted by atomic mass is 10.3. The summed E-state index contributed by atoms with van der Waals surface area (Å²) in [6, 6.07) is 7.18. The first-order chi connectivity index (χ1) is 8.13. The Morgan fingerprint density at radius 3 is 2.65 bits per heavy atom. The molecule has 0 atom stereocenters. The fourth-order valence-electron chi connectivity index (χ4n) is 1.56. The zero-order valence-electron chi connectivity index (χ0n) is 8.41. The van der Waals surface area contributed by atoms with Crippen LogP contribution in [0, 0.1) is 0 Å². The summed E-state index contributed by atoms with van der Waals surface area (Å²) in [6.07, 6.45) is 0. The normalized spacial score (nSPS) is 11.2. The summed E-state index contributed by atoms with van der Waals surface area (Å²) < 4.78 is 12.5. The first kappa shape index (κ1) is 10.9. The third-order valence-corrected chi connectivity index (χ3v) is 3.15. The lowest BCUT2D eigenvalue weighted by molar-refractivity contribution is 0.518. The maximum Gasteiger partial charge on any atom is 0.264 e. The molecule has 1 aromatic carbocycles. The average Bonchev–Trinajstić information content (AvgIpc) is 2.83. The van der Waals surface area contributed by atoms with Gasteiger partial charge in [-0.05, 0) is 40.2 Å². The van der Waals surface area contributed by atoms with Gasteiger partial charge in [0.15, 0.2) is 16.0 Å². The van der Waals surface area contributed by atoms with E-state index in [1.54, 1.807) is 18.2 Å². The fraction of sp³-hybridized carbons (Fsp3) is 0. The van der Waals surface area contributed by atoms with E-state index in [0.717, 1.165) is 4.47 Å². The van der Waals surface area contributed by atoms with Crippen molar-refractivity contribution in [1.29, 1.82) is 0 Å². The maximum absolute atomic E-state index is 5.85. The van der Waals surface area contributed by atoms with E-state index < -0.39 is 0 Å². The van der Waals surface area contributed by atoms with Crippen molar-refractivity contribution in [1.82, 2.24) is 4.98 Å². The van der Waals surface area contributed by atoms with Crippen LogP contribution in [0.5, 0.6) is 0 Å². The number of nitrogens with zero attached hydrogens (tertiary/aromatic N) is 1. The third kappa shape index (κ3) is 1.87. The van der Waals surface area contributed by atoms with Crippen LogP contribution in [0.4, 0.5) is 5.69 Å². The van der Waals surface area contributed by atoms with Crippen molar-refractivity contribution in [3.05, 3.63) is 33.4 Å². The predicted molar refractivity (Wildman–Crippen MR) is 71.5 cm³/mol. The molecule has 0 saturated carbocycles. The highest BCUT2D eigenvalue weighted by atomic mass is 79.9. The molecule has 0 aliphatic heterocycles. The molecule has 3 aromatic rings. The molecule has 0 fully saturated rings. The van der Waals surface area contributed by atoms with Crippen LogP contribution in [0.25, 0.3) is 22.8 Å². The number of aromatic nitrogens is 1. The van der Waals surface area contributed by atoms with Gasteiger partial charge in [-0.1, -0.05) is 15.9 Å². The van der Waals surface area contributed by atoms with Gasteiger partial charge >= 0.3 is 0 Å². The van der Waals surface area contributed by atoms with Crippen molar-refractivity contribution in [2.75, 3.05) is 5.73 Å². The largest absolute Gasteiger partial charge is 0.444 e. The zero-order valence-corrected chi connectivity index (χ0v) is 11.6. The molecule has 4 nitrogen and oxygen atoms in total. The van der Waals surface area contributed by atoms with Crippen molar-refractivity contribution in [2.45, 2.75) is 0 Å². The third-order valence-electron chi connectivity index (χ3n) is 2.27. The number of fused-ring (bicyclic) bond motifs is 1. The second kappa shape index (κ2) is 3.89. The fourth-order valence-corrected chi connectivity index (χ4v) is 2.33. The maximum atomic E-state index is 5.85. The number of nitrogens with two attached hydrogens (primary N) is 1. The number of hydrogen-bond acceptors (Lipinski definition) is 4. The van der Waals surface area contributed by atoms with E-state index >= 15 is 0 Å². The molecule has 0 bridgehead atoms. The first-order valence-corrected chi connectivity index (χ1v) is 6.33. The van der Waals surface area contributed by atoms with Crippen molar-refractivity contribution >= 4 is 48.6 Å². The summed E-state index contributed by atoms with van der Waals surface area (Å²) in [5, 5.41) is 0. The van der Waals surface area contributed by atoms with Crippen LogP contribution in [0.2, 0.25) is 0 Å². The molecule has 0 aliphatic rings. The molecule has 2 aromatic heterocycles. The highest BCUT2D eigenvalue weighted by molar-refractivity contribution is 9.10. The Labute approximate surface area is 113 Å². The van der Waals surface area contributed by atoms with Crippen molar-refractivity contribution < 1.29 is 8.83 Å². The van der Waals surface area contributed by atoms with E-state index in [1.165, 1.54) is 0 Å². The van der Waals surface area contributed by atoms with E-state index in [9.17, 15) is 0 Å². The minimum Gasteiger partial charge on any atom is -0.444 e. The van der Waals surface area contributed by atoms with Crippen LogP contribution in [0.1, 0.15) is 0 Å². The second-order valence-electron chi connectivity index (χ2n) is 3.47. The Kier molecular flexibility index (Phi) is 2.48. The molecule has 2 N–H and O–H groups in total. The topological polar surface area (TPSA) is 65.2 Å². The quantitative estimate of drug-likeness (QED) is 0.663. The smallest absolute Gasteiger partial charge is 0.264 e. The number of nitrogen functional groups attached to an aromatic ring is 1. The molecule has 17 heavy (non-hydrogen) atoms. The van der Waals surface area contributed by atoms with Gasteiger partial charge in [0.25, 0.3) is 5.89 Å². The summed E-state index contributed by atoms with van der Waals surface area (Å²) in [5.74, 6) is 0.971. The van der Waals surface area contributed by atoms with E-state index in [4.69, 9.17) is 14.6 Å². The predicted octanol–water partition coefficient (Wildman–Crippen LogP) is 4.20. The van der Waals surface area contributed by atoms with Gasteiger partial charge in [0.05, 0.1) is 5.69 Å². The van der Waals surface area contributed by atoms with E-state index in [-0.39, 0.29) is 0 Å². The molecular weight excluding hydrogens is 352 g/mol. The SMILES string of the molecule is Nc1cc(Br)cc2nc(-c3ccc(Br)o3)oc12. The molecule has 6 heteroatoms. The average molecular weight is 358 g/mol. The summed E-state index contributed by atoms with van der Waals surface area (Å²) >= 11 is 6.59. The Morgan fingerprint density at radius 2 is 1.94 bits per heavy atom. The highest BCUT2D eigenvalue weighted by Gasteiger charge is 2.14. The van der Waals surface area contributed by atoms with Gasteiger partial charge in [-0.25, -0.2) is 4.98 Å². The number of benzene rings is 1. The monoisotopic (exact) mass is 356 g/mol. The molecule has 86 valence electrons. The van der Waals surface area contributed by atoms with Crippen molar-refractivity contribution in [3.8, 4) is 11.7 Å². The number of oxazole rings is 1. The van der Waals surface area contributed by atoms with Gasteiger partial charge in [0, 0.05) is 4.47 Å². The van der Waals surface area contributed by atoms with E-state index in [1.807, 2.05) is 6.07 Å². The first-order valence-electron chi connectivity index (χ1n) is 4.75. The molecule has 3 rings (SSSR count). The molecular formula is C11H6Br2N2O2. The van der Waals surface area contributed by atoms with Crippen LogP contribution in [-0.2, 0) is 0 Å². The minimum absolute atomic E-state index is 0.413. The Bertz CT molecular complexity index is 703. The van der Waals surface area contributed by atoms with Crippen LogP contribution in [0.15, 0.2) is 42.2 Å². The number of hydrogen-bond donors (Lipinski definition) is 1. The Morgan fingerprint density at radius 1 is 1.12 bits per heavy atom. The van der Waals surface area contributed by atoms with Crippen molar-refractivity contribution in [3.63, 3.8) is 0 Å². The highest BCUT2D eigenvalue weighted by Crippen LogP contribution is 2.32. The van der Waals surface area contributed by atoms with Crippen LogP contribution < -0.4 is 5.73 Å². The van der Waals surface area contributed by atoms with Gasteiger partial charge in [0.2, 0.25) is 0 Å². The van der Waals surface area contributed by atoms with E-state index in [2.05, 4.69) is 36.8 Å². The summed E-state index contributed by atoms with van der Waals surface area (Å²) in [7, 11) is 0. The summed E-state index contributed by atoms with van der Waals surface area (Å²) in [6.45, 7) is 0. The second-order valence-corrected chi connectivity index (χ2v) is 5.16. The summed E-state index contributed by atoms with van der Waals surface area (Å²) in [4.78, 5) is 4.33. The molecule has 0 aliphatic carbocycles. The Hall–Kier alpha value is -1.27. The van der Waals surface area contributed by atoms with Crippen LogP contribution >= 0.6 is 31.9 Å². The Balaban J connectivity index is 2.23. The molecule has 0 spiro atoms. The van der Waals surface area contributed by atoms with Gasteiger partial charge in [0.1, 0.15) is 5.52 Å². The lowest BCUT2D eigenvalue weighted by Gasteiger charge is -1.93. The molecule has 0 radical (unpaired) electrons. The molecule has 2 heterocycles. The standard InChI is InChI=1S/C11H6Br2N2O2/c12-5-3-6(14)10-7(4-5)15-11(17-10)8-1-2-9(13)16-8/h1-4H,14H2. The van der Waals surface area contributed by atoms with Crippen LogP contribution in [0.3, 0.4) is 0 Å². The van der Waals surface area contributed by atoms with Gasteiger partial charge in [-0.2, -0.15) is 0 Å². The number of rotatable bonds is 1. The molecule has 0 saturated heterocycles. The zero-order chi connectivity index (χ0) is 12.0. The lowest BCUT2D eigenvalue weighted by Crippen LogP contribution is -1.84. The minimum atomic E-state index is 0.413. The van der Waals surface area contributed by atoms with Crippen LogP contribution in [-0.4, -0.2) is 4.98 Å². The number of halogens is 2.